The number of morpholine rings is 1. The Balaban J connectivity index is 1.88. The quantitative estimate of drug-likeness (QED) is 0.842. The van der Waals surface area contributed by atoms with Gasteiger partial charge in [-0.15, -0.1) is 0 Å². The highest BCUT2D eigenvalue weighted by molar-refractivity contribution is 5.94. The second-order valence-corrected chi connectivity index (χ2v) is 4.98. The van der Waals surface area contributed by atoms with Gasteiger partial charge in [-0.25, -0.2) is 0 Å². The number of benzene rings is 1. The number of ether oxygens (including phenoxy) is 2. The predicted molar refractivity (Wildman–Crippen MR) is 78.8 cm³/mol. The topological polar surface area (TPSA) is 71.0 Å². The molecule has 1 aliphatic rings. The number of methoxy groups -OCH3 is 1. The minimum absolute atomic E-state index is 0.00879. The van der Waals surface area contributed by atoms with E-state index in [1.165, 1.54) is 13.2 Å². The van der Waals surface area contributed by atoms with E-state index in [1.54, 1.807) is 12.1 Å². The Hall–Kier alpha value is -1.79. The molecular formula is C15H22N2O4. The molecule has 0 bridgehead atoms. The summed E-state index contributed by atoms with van der Waals surface area (Å²) >= 11 is 0. The average Bonchev–Trinajstić information content (AvgIpc) is 2.52. The Kier molecular flexibility index (Phi) is 5.41. The van der Waals surface area contributed by atoms with Gasteiger partial charge in [-0.3, -0.25) is 9.69 Å². The molecule has 0 saturated carbocycles. The van der Waals surface area contributed by atoms with Gasteiger partial charge in [-0.1, -0.05) is 6.92 Å². The number of phenols is 1. The first-order chi connectivity index (χ1) is 10.1. The van der Waals surface area contributed by atoms with Crippen LogP contribution in [0.25, 0.3) is 0 Å². The van der Waals surface area contributed by atoms with Crippen LogP contribution in [0, 0.1) is 0 Å². The summed E-state index contributed by atoms with van der Waals surface area (Å²) in [5.74, 6) is 0.0714. The number of carbonyl (C=O) groups excluding carboxylic acids is 1. The minimum Gasteiger partial charge on any atom is -0.504 e. The summed E-state index contributed by atoms with van der Waals surface area (Å²) < 4.78 is 10.6. The van der Waals surface area contributed by atoms with Crippen LogP contribution in [0.2, 0.25) is 0 Å². The van der Waals surface area contributed by atoms with Crippen molar-refractivity contribution in [1.29, 1.82) is 0 Å². The Morgan fingerprint density at radius 2 is 2.38 bits per heavy atom. The first-order valence-electron chi connectivity index (χ1n) is 7.13. The molecule has 1 aromatic carbocycles. The standard InChI is InChI=1S/C15H22N2O4/c1-3-17-6-7-21-12(10-17)9-16-15(19)11-4-5-14(20-2)13(18)8-11/h4-5,8,12,18H,3,6-7,9-10H2,1-2H3,(H,16,19). The van der Waals surface area contributed by atoms with Crippen LogP contribution in [0.3, 0.4) is 0 Å². The summed E-state index contributed by atoms with van der Waals surface area (Å²) in [6.45, 7) is 6.01. The molecule has 116 valence electrons. The zero-order chi connectivity index (χ0) is 15.2. The molecule has 2 rings (SSSR count). The SMILES string of the molecule is CCN1CCOC(CNC(=O)c2ccc(OC)c(O)c2)C1. The molecule has 1 amide bonds. The smallest absolute Gasteiger partial charge is 0.251 e. The molecule has 0 radical (unpaired) electrons. The van der Waals surface area contributed by atoms with Crippen LogP contribution in [-0.2, 0) is 4.74 Å². The first kappa shape index (κ1) is 15.6. The van der Waals surface area contributed by atoms with Gasteiger partial charge in [-0.05, 0) is 24.7 Å². The lowest BCUT2D eigenvalue weighted by Gasteiger charge is -2.32. The predicted octanol–water partition coefficient (Wildman–Crippen LogP) is 0.851. The van der Waals surface area contributed by atoms with Crippen molar-refractivity contribution in [3.8, 4) is 11.5 Å². The van der Waals surface area contributed by atoms with Crippen molar-refractivity contribution >= 4 is 5.91 Å². The number of nitrogens with one attached hydrogen (secondary N) is 1. The largest absolute Gasteiger partial charge is 0.504 e. The third-order valence-corrected chi connectivity index (χ3v) is 3.60. The molecule has 1 aromatic rings. The molecule has 0 aromatic heterocycles. The number of hydrogen-bond donors (Lipinski definition) is 2. The Bertz CT molecular complexity index is 493. The van der Waals surface area contributed by atoms with Gasteiger partial charge in [0.05, 0.1) is 19.8 Å². The molecule has 1 aliphatic heterocycles. The fourth-order valence-electron chi connectivity index (χ4n) is 2.33. The van der Waals surface area contributed by atoms with Crippen molar-refractivity contribution in [1.82, 2.24) is 10.2 Å². The molecule has 1 atom stereocenters. The summed E-state index contributed by atoms with van der Waals surface area (Å²) in [7, 11) is 1.47. The van der Waals surface area contributed by atoms with Crippen LogP contribution in [-0.4, -0.2) is 61.9 Å². The molecule has 1 unspecified atom stereocenters. The maximum Gasteiger partial charge on any atom is 0.251 e. The maximum absolute atomic E-state index is 12.1. The molecule has 0 aliphatic carbocycles. The molecule has 1 heterocycles. The van der Waals surface area contributed by atoms with Crippen LogP contribution in [0.1, 0.15) is 17.3 Å². The van der Waals surface area contributed by atoms with Crippen molar-refractivity contribution in [3.63, 3.8) is 0 Å². The van der Waals surface area contributed by atoms with E-state index in [0.717, 1.165) is 19.6 Å². The maximum atomic E-state index is 12.1. The van der Waals surface area contributed by atoms with Crippen LogP contribution in [0.4, 0.5) is 0 Å². The van der Waals surface area contributed by atoms with Crippen molar-refractivity contribution in [2.75, 3.05) is 39.9 Å². The van der Waals surface area contributed by atoms with Crippen molar-refractivity contribution in [2.24, 2.45) is 0 Å². The summed E-state index contributed by atoms with van der Waals surface area (Å²) in [4.78, 5) is 14.3. The summed E-state index contributed by atoms with van der Waals surface area (Å²) in [5.41, 5.74) is 0.399. The second kappa shape index (κ2) is 7.28. The zero-order valence-electron chi connectivity index (χ0n) is 12.5. The van der Waals surface area contributed by atoms with E-state index in [0.29, 0.717) is 24.5 Å². The average molecular weight is 294 g/mol. The van der Waals surface area contributed by atoms with Crippen LogP contribution < -0.4 is 10.1 Å². The van der Waals surface area contributed by atoms with Gasteiger partial charge in [0.15, 0.2) is 11.5 Å². The normalized spacial score (nSPS) is 19.2. The Labute approximate surface area is 124 Å². The molecule has 1 saturated heterocycles. The van der Waals surface area contributed by atoms with Gasteiger partial charge < -0.3 is 19.9 Å². The molecule has 1 fully saturated rings. The van der Waals surface area contributed by atoms with E-state index in [4.69, 9.17) is 9.47 Å². The van der Waals surface area contributed by atoms with Gasteiger partial charge in [-0.2, -0.15) is 0 Å². The lowest BCUT2D eigenvalue weighted by atomic mass is 10.2. The summed E-state index contributed by atoms with van der Waals surface area (Å²) in [6.07, 6.45) is 0.00879. The van der Waals surface area contributed by atoms with Crippen LogP contribution in [0.15, 0.2) is 18.2 Å². The number of rotatable bonds is 5. The number of phenolic OH excluding ortho intramolecular Hbond substituents is 1. The van der Waals surface area contributed by atoms with Gasteiger partial charge in [0, 0.05) is 25.2 Å². The third-order valence-electron chi connectivity index (χ3n) is 3.60. The number of carbonyl (C=O) groups is 1. The van der Waals surface area contributed by atoms with Gasteiger partial charge in [0.2, 0.25) is 0 Å². The van der Waals surface area contributed by atoms with Gasteiger partial charge >= 0.3 is 0 Å². The van der Waals surface area contributed by atoms with Crippen LogP contribution >= 0.6 is 0 Å². The van der Waals surface area contributed by atoms with E-state index in [1.807, 2.05) is 0 Å². The highest BCUT2D eigenvalue weighted by Gasteiger charge is 2.20. The monoisotopic (exact) mass is 294 g/mol. The summed E-state index contributed by atoms with van der Waals surface area (Å²) in [6, 6.07) is 4.59. The third kappa shape index (κ3) is 4.09. The van der Waals surface area contributed by atoms with Crippen molar-refractivity contribution < 1.29 is 19.4 Å². The number of aromatic hydroxyl groups is 1. The first-order valence-corrected chi connectivity index (χ1v) is 7.13. The highest BCUT2D eigenvalue weighted by Crippen LogP contribution is 2.26. The zero-order valence-corrected chi connectivity index (χ0v) is 12.5. The van der Waals surface area contributed by atoms with Crippen molar-refractivity contribution in [3.05, 3.63) is 23.8 Å². The van der Waals surface area contributed by atoms with E-state index in [9.17, 15) is 9.90 Å². The number of likely N-dealkylation sites (N-methyl/N-ethyl adjacent to an activating group) is 1. The van der Waals surface area contributed by atoms with Crippen LogP contribution in [0.5, 0.6) is 11.5 Å². The minimum atomic E-state index is -0.231. The fraction of sp³-hybridized carbons (Fsp3) is 0.533. The molecule has 6 heteroatoms. The van der Waals surface area contributed by atoms with E-state index in [-0.39, 0.29) is 17.8 Å². The molecular weight excluding hydrogens is 272 g/mol. The summed E-state index contributed by atoms with van der Waals surface area (Å²) in [5, 5.41) is 12.5. The molecule has 21 heavy (non-hydrogen) atoms. The fourth-order valence-corrected chi connectivity index (χ4v) is 2.33. The molecule has 6 nitrogen and oxygen atoms in total. The van der Waals surface area contributed by atoms with E-state index in [2.05, 4.69) is 17.1 Å². The second-order valence-electron chi connectivity index (χ2n) is 4.98. The van der Waals surface area contributed by atoms with E-state index < -0.39 is 0 Å². The molecule has 0 spiro atoms. The Morgan fingerprint density at radius 3 is 3.05 bits per heavy atom. The lowest BCUT2D eigenvalue weighted by Crippen LogP contribution is -2.47. The number of nitrogens with zero attached hydrogens (tertiary/aromatic N) is 1. The number of amides is 1. The Morgan fingerprint density at radius 1 is 1.57 bits per heavy atom. The lowest BCUT2D eigenvalue weighted by molar-refractivity contribution is -0.0246. The van der Waals surface area contributed by atoms with Gasteiger partial charge in [0.25, 0.3) is 5.91 Å². The van der Waals surface area contributed by atoms with Gasteiger partial charge in [0.1, 0.15) is 0 Å². The molecule has 2 N–H and O–H groups in total. The van der Waals surface area contributed by atoms with E-state index >= 15 is 0 Å². The highest BCUT2D eigenvalue weighted by atomic mass is 16.5. The van der Waals surface area contributed by atoms with Crippen molar-refractivity contribution in [2.45, 2.75) is 13.0 Å². The number of hydrogen-bond acceptors (Lipinski definition) is 5.